The highest BCUT2D eigenvalue weighted by molar-refractivity contribution is 6.07. The number of aromatic nitrogens is 4. The molecule has 4 aromatic rings. The number of carbonyl (C=O) groups is 4. The lowest BCUT2D eigenvalue weighted by Gasteiger charge is -2.40. The first kappa shape index (κ1) is 37.3. The van der Waals surface area contributed by atoms with Gasteiger partial charge in [-0.3, -0.25) is 29.4 Å². The number of pyridine rings is 2. The number of halogens is 3. The summed E-state index contributed by atoms with van der Waals surface area (Å²) in [6, 6.07) is 14.0. The summed E-state index contributed by atoms with van der Waals surface area (Å²) in [7, 11) is 0. The normalized spacial score (nSPS) is 18.6. The van der Waals surface area contributed by atoms with E-state index in [1.807, 2.05) is 36.4 Å². The first-order valence-electron chi connectivity index (χ1n) is 18.0. The van der Waals surface area contributed by atoms with Gasteiger partial charge in [-0.25, -0.2) is 14.6 Å². The zero-order valence-corrected chi connectivity index (χ0v) is 29.8. The van der Waals surface area contributed by atoms with Gasteiger partial charge < -0.3 is 26.2 Å². The molecule has 4 amide bonds. The molecule has 0 bridgehead atoms. The Bertz CT molecular complexity index is 2040. The van der Waals surface area contributed by atoms with E-state index < -0.39 is 35.4 Å². The van der Waals surface area contributed by atoms with E-state index in [4.69, 9.17) is 5.73 Å². The zero-order chi connectivity index (χ0) is 38.7. The fourth-order valence-electron chi connectivity index (χ4n) is 7.09. The smallest absolute Gasteiger partial charge is 0.372 e. The lowest BCUT2D eigenvalue weighted by Crippen LogP contribution is -2.49. The summed E-state index contributed by atoms with van der Waals surface area (Å²) in [6.45, 7) is 6.44. The first-order valence-corrected chi connectivity index (χ1v) is 18.0. The first-order chi connectivity index (χ1) is 26.4. The number of primary amides is 1. The van der Waals surface area contributed by atoms with Crippen molar-refractivity contribution >= 4 is 46.5 Å². The number of carbonyl (C=O) groups excluding carboxylic acids is 4. The van der Waals surface area contributed by atoms with Crippen LogP contribution in [0.4, 0.5) is 36.1 Å². The van der Waals surface area contributed by atoms with Crippen molar-refractivity contribution < 1.29 is 32.3 Å². The maximum absolute atomic E-state index is 13.1. The Morgan fingerprint density at radius 3 is 2.27 bits per heavy atom. The van der Waals surface area contributed by atoms with E-state index in [1.165, 1.54) is 10.9 Å². The standard InChI is InChI=1S/C37H40F3N11O4/c38-37(39,40)30-3-1-2-27(44-30)35(54)45-29-22-51(47-33(29)34(41)53)26-7-5-25(6-8-26)49-18-16-48(17-19-49)21-23-12-14-50(15-13-23)31-10-4-24(20-42-31)43-28-9-11-32(52)46-36(28)55/h1-8,10,20,22-23,28,43H,9,11-19,21H2,(H2,41,53)(H,45,54)(H,46,52,55). The Labute approximate surface area is 314 Å². The number of hydrogen-bond donors (Lipinski definition) is 4. The maximum Gasteiger partial charge on any atom is 0.433 e. The minimum Gasteiger partial charge on any atom is -0.372 e. The predicted octanol–water partition coefficient (Wildman–Crippen LogP) is 3.29. The number of imide groups is 1. The second-order valence-corrected chi connectivity index (χ2v) is 13.8. The molecule has 3 fully saturated rings. The molecule has 1 atom stereocenters. The van der Waals surface area contributed by atoms with Crippen molar-refractivity contribution in [3.63, 3.8) is 0 Å². The minimum atomic E-state index is -4.73. The van der Waals surface area contributed by atoms with Crippen LogP contribution >= 0.6 is 0 Å². The maximum atomic E-state index is 13.1. The van der Waals surface area contributed by atoms with Crippen molar-refractivity contribution in [3.05, 3.63) is 84.1 Å². The van der Waals surface area contributed by atoms with E-state index in [2.05, 4.69) is 45.7 Å². The van der Waals surface area contributed by atoms with Crippen LogP contribution in [0.25, 0.3) is 5.69 Å². The number of piperidine rings is 2. The summed E-state index contributed by atoms with van der Waals surface area (Å²) < 4.78 is 40.7. The van der Waals surface area contributed by atoms with Crippen LogP contribution in [0, 0.1) is 5.92 Å². The second-order valence-electron chi connectivity index (χ2n) is 13.8. The summed E-state index contributed by atoms with van der Waals surface area (Å²) in [6.07, 6.45) is 1.30. The van der Waals surface area contributed by atoms with Gasteiger partial charge in [-0.1, -0.05) is 6.07 Å². The Hall–Kier alpha value is -6.04. The summed E-state index contributed by atoms with van der Waals surface area (Å²) in [5.74, 6) is -0.922. The van der Waals surface area contributed by atoms with Gasteiger partial charge >= 0.3 is 6.18 Å². The molecule has 0 spiro atoms. The number of hydrogen-bond acceptors (Lipinski definition) is 11. The zero-order valence-electron chi connectivity index (χ0n) is 29.8. The highest BCUT2D eigenvalue weighted by Gasteiger charge is 2.33. The molecule has 0 aliphatic carbocycles. The quantitative estimate of drug-likeness (QED) is 0.174. The van der Waals surface area contributed by atoms with Crippen molar-refractivity contribution in [2.45, 2.75) is 37.9 Å². The summed E-state index contributed by atoms with van der Waals surface area (Å²) >= 11 is 0. The van der Waals surface area contributed by atoms with Gasteiger partial charge in [0.2, 0.25) is 11.8 Å². The molecule has 7 rings (SSSR count). The molecule has 3 aromatic heterocycles. The topological polar surface area (TPSA) is 184 Å². The number of amides is 4. The molecule has 3 aliphatic heterocycles. The Morgan fingerprint density at radius 2 is 1.62 bits per heavy atom. The summed E-state index contributed by atoms with van der Waals surface area (Å²) in [5.41, 5.74) is 5.84. The monoisotopic (exact) mass is 759 g/mol. The second kappa shape index (κ2) is 15.7. The molecule has 288 valence electrons. The van der Waals surface area contributed by atoms with E-state index in [1.54, 1.807) is 6.20 Å². The van der Waals surface area contributed by atoms with Gasteiger partial charge in [-0.2, -0.15) is 18.3 Å². The van der Waals surface area contributed by atoms with E-state index in [9.17, 15) is 32.3 Å². The molecule has 3 saturated heterocycles. The fraction of sp³-hybridized carbons (Fsp3) is 0.378. The number of anilines is 4. The minimum absolute atomic E-state index is 0.0607. The van der Waals surface area contributed by atoms with Crippen molar-refractivity contribution in [2.75, 3.05) is 66.2 Å². The third-order valence-electron chi connectivity index (χ3n) is 10.1. The third kappa shape index (κ3) is 8.86. The van der Waals surface area contributed by atoms with Crippen LogP contribution in [-0.4, -0.2) is 100 Å². The molecule has 55 heavy (non-hydrogen) atoms. The Balaban J connectivity index is 0.876. The van der Waals surface area contributed by atoms with Gasteiger partial charge in [0.1, 0.15) is 23.2 Å². The molecular formula is C37H40F3N11O4. The van der Waals surface area contributed by atoms with Crippen molar-refractivity contribution in [1.82, 2.24) is 30.0 Å². The van der Waals surface area contributed by atoms with Gasteiger partial charge in [0, 0.05) is 57.9 Å². The number of rotatable bonds is 10. The lowest BCUT2D eigenvalue weighted by molar-refractivity contribution is -0.141. The van der Waals surface area contributed by atoms with Gasteiger partial charge in [0.15, 0.2) is 5.69 Å². The van der Waals surface area contributed by atoms with E-state index in [0.29, 0.717) is 24.4 Å². The number of nitrogens with zero attached hydrogens (tertiary/aromatic N) is 7. The van der Waals surface area contributed by atoms with Crippen molar-refractivity contribution in [2.24, 2.45) is 11.7 Å². The fourth-order valence-corrected chi connectivity index (χ4v) is 7.09. The predicted molar refractivity (Wildman–Crippen MR) is 197 cm³/mol. The van der Waals surface area contributed by atoms with Crippen LogP contribution in [0.2, 0.25) is 0 Å². The molecule has 0 saturated carbocycles. The Kier molecular flexibility index (Phi) is 10.7. The SMILES string of the molecule is NC(=O)c1nn(-c2ccc(N3CCN(CC4CCN(c5ccc(NC6CCC(=O)NC6=O)cn5)CC4)CC3)cc2)cc1NC(=O)c1cccc(C(F)(F)F)n1. The summed E-state index contributed by atoms with van der Waals surface area (Å²) in [5, 5.41) is 12.2. The van der Waals surface area contributed by atoms with Crippen LogP contribution in [-0.2, 0) is 15.8 Å². The number of alkyl halides is 3. The Morgan fingerprint density at radius 1 is 0.891 bits per heavy atom. The van der Waals surface area contributed by atoms with Crippen LogP contribution in [0.5, 0.6) is 0 Å². The molecule has 3 aliphatic rings. The highest BCUT2D eigenvalue weighted by Crippen LogP contribution is 2.29. The average molecular weight is 760 g/mol. The molecule has 0 radical (unpaired) electrons. The van der Waals surface area contributed by atoms with E-state index in [-0.39, 0.29) is 23.2 Å². The molecular weight excluding hydrogens is 719 g/mol. The molecule has 18 heteroatoms. The number of nitrogens with two attached hydrogens (primary N) is 1. The van der Waals surface area contributed by atoms with E-state index >= 15 is 0 Å². The molecule has 5 N–H and O–H groups in total. The lowest BCUT2D eigenvalue weighted by atomic mass is 9.96. The van der Waals surface area contributed by atoms with Crippen molar-refractivity contribution in [3.8, 4) is 5.69 Å². The molecule has 6 heterocycles. The van der Waals surface area contributed by atoms with Crippen molar-refractivity contribution in [1.29, 1.82) is 0 Å². The van der Waals surface area contributed by atoms with Crippen LogP contribution in [0.3, 0.4) is 0 Å². The largest absolute Gasteiger partial charge is 0.433 e. The number of benzene rings is 1. The summed E-state index contributed by atoms with van der Waals surface area (Å²) in [4.78, 5) is 63.5. The third-order valence-corrected chi connectivity index (χ3v) is 10.1. The van der Waals surface area contributed by atoms with Gasteiger partial charge in [-0.05, 0) is 73.7 Å². The van der Waals surface area contributed by atoms with Gasteiger partial charge in [-0.15, -0.1) is 0 Å². The number of piperazine rings is 1. The molecule has 15 nitrogen and oxygen atoms in total. The van der Waals surface area contributed by atoms with Gasteiger partial charge in [0.05, 0.1) is 29.5 Å². The average Bonchev–Trinajstić information content (AvgIpc) is 3.61. The molecule has 1 unspecified atom stereocenters. The highest BCUT2D eigenvalue weighted by atomic mass is 19.4. The van der Waals surface area contributed by atoms with Gasteiger partial charge in [0.25, 0.3) is 11.8 Å². The van der Waals surface area contributed by atoms with Crippen LogP contribution in [0.15, 0.2) is 67.0 Å². The molecule has 1 aromatic carbocycles. The van der Waals surface area contributed by atoms with Crippen LogP contribution < -0.4 is 31.5 Å². The van der Waals surface area contributed by atoms with E-state index in [0.717, 1.165) is 94.0 Å². The van der Waals surface area contributed by atoms with Crippen LogP contribution in [0.1, 0.15) is 52.4 Å². The number of nitrogens with one attached hydrogen (secondary N) is 3.